The number of amides is 1. The predicted octanol–water partition coefficient (Wildman–Crippen LogP) is 3.08. The van der Waals surface area contributed by atoms with Crippen molar-refractivity contribution in [1.29, 1.82) is 0 Å². The number of methoxy groups -OCH3 is 1. The van der Waals surface area contributed by atoms with Gasteiger partial charge in [0, 0.05) is 24.2 Å². The lowest BCUT2D eigenvalue weighted by atomic mass is 10.1. The number of aryl methyl sites for hydroxylation is 1. The lowest BCUT2D eigenvalue weighted by Crippen LogP contribution is -2.39. The first kappa shape index (κ1) is 15.0. The van der Waals surface area contributed by atoms with Crippen molar-refractivity contribution in [2.45, 2.75) is 26.2 Å². The molecule has 0 aromatic heterocycles. The normalized spacial score (nSPS) is 15.1. The highest BCUT2D eigenvalue weighted by molar-refractivity contribution is 6.31. The van der Waals surface area contributed by atoms with Gasteiger partial charge in [0.2, 0.25) is 5.91 Å². The molecule has 0 radical (unpaired) electrons. The summed E-state index contributed by atoms with van der Waals surface area (Å²) >= 11 is 6.07. The number of hydrogen-bond acceptors (Lipinski definition) is 3. The third kappa shape index (κ3) is 3.57. The highest BCUT2D eigenvalue weighted by Gasteiger charge is 2.16. The fourth-order valence-electron chi connectivity index (χ4n) is 2.40. The quantitative estimate of drug-likeness (QED) is 0.928. The van der Waals surface area contributed by atoms with E-state index in [1.165, 1.54) is 6.42 Å². The van der Waals surface area contributed by atoms with Gasteiger partial charge in [-0.15, -0.1) is 0 Å². The Balaban J connectivity index is 1.99. The summed E-state index contributed by atoms with van der Waals surface area (Å²) in [4.78, 5) is 14.0. The zero-order valence-electron chi connectivity index (χ0n) is 12.0. The summed E-state index contributed by atoms with van der Waals surface area (Å²) < 4.78 is 5.29. The molecule has 1 N–H and O–H groups in total. The Labute approximate surface area is 125 Å². The van der Waals surface area contributed by atoms with Gasteiger partial charge in [0.05, 0.1) is 19.3 Å². The van der Waals surface area contributed by atoms with E-state index >= 15 is 0 Å². The summed E-state index contributed by atoms with van der Waals surface area (Å²) in [5, 5.41) is 3.82. The molecule has 5 heteroatoms. The first-order valence-electron chi connectivity index (χ1n) is 6.97. The fourth-order valence-corrected chi connectivity index (χ4v) is 2.55. The average Bonchev–Trinajstić information content (AvgIpc) is 2.48. The molecule has 1 aliphatic heterocycles. The summed E-state index contributed by atoms with van der Waals surface area (Å²) in [5.41, 5.74) is 1.76. The molecule has 0 unspecified atom stereocenters. The molecule has 1 aliphatic rings. The van der Waals surface area contributed by atoms with Gasteiger partial charge in [-0.1, -0.05) is 11.6 Å². The second kappa shape index (κ2) is 6.84. The molecular weight excluding hydrogens is 276 g/mol. The number of benzene rings is 1. The number of carbonyl (C=O) groups is 1. The lowest BCUT2D eigenvalue weighted by Gasteiger charge is -2.27. The summed E-state index contributed by atoms with van der Waals surface area (Å²) in [6.45, 7) is 3.96. The standard InChI is InChI=1S/C15H21ClN2O2/c1-11-8-13(14(20-2)9-12(11)16)17-10-15(19)18-6-4-3-5-7-18/h8-9,17H,3-7,10H2,1-2H3. The van der Waals surface area contributed by atoms with Crippen LogP contribution in [0.25, 0.3) is 0 Å². The van der Waals surface area contributed by atoms with Crippen molar-refractivity contribution in [3.05, 3.63) is 22.7 Å². The number of likely N-dealkylation sites (tertiary alicyclic amines) is 1. The smallest absolute Gasteiger partial charge is 0.241 e. The van der Waals surface area contributed by atoms with Crippen LogP contribution in [0.5, 0.6) is 5.75 Å². The number of anilines is 1. The second-order valence-corrected chi connectivity index (χ2v) is 5.50. The van der Waals surface area contributed by atoms with E-state index in [0.717, 1.165) is 37.2 Å². The van der Waals surface area contributed by atoms with Crippen molar-refractivity contribution in [3.63, 3.8) is 0 Å². The molecule has 1 saturated heterocycles. The van der Waals surface area contributed by atoms with Crippen LogP contribution in [0.4, 0.5) is 5.69 Å². The number of rotatable bonds is 4. The van der Waals surface area contributed by atoms with Crippen LogP contribution >= 0.6 is 11.6 Å². The maximum atomic E-state index is 12.1. The van der Waals surface area contributed by atoms with Gasteiger partial charge in [0.1, 0.15) is 5.75 Å². The van der Waals surface area contributed by atoms with E-state index in [1.807, 2.05) is 17.9 Å². The SMILES string of the molecule is COc1cc(Cl)c(C)cc1NCC(=O)N1CCCCC1. The molecular formula is C15H21ClN2O2. The van der Waals surface area contributed by atoms with Gasteiger partial charge in [-0.3, -0.25) is 4.79 Å². The lowest BCUT2D eigenvalue weighted by molar-refractivity contribution is -0.130. The molecule has 1 fully saturated rings. The number of nitrogens with one attached hydrogen (secondary N) is 1. The average molecular weight is 297 g/mol. The zero-order chi connectivity index (χ0) is 14.5. The van der Waals surface area contributed by atoms with E-state index in [-0.39, 0.29) is 12.5 Å². The maximum absolute atomic E-state index is 12.1. The molecule has 1 aromatic carbocycles. The Morgan fingerprint density at radius 2 is 2.05 bits per heavy atom. The van der Waals surface area contributed by atoms with Gasteiger partial charge in [-0.25, -0.2) is 0 Å². The van der Waals surface area contributed by atoms with Gasteiger partial charge >= 0.3 is 0 Å². The first-order valence-corrected chi connectivity index (χ1v) is 7.35. The second-order valence-electron chi connectivity index (χ2n) is 5.10. The highest BCUT2D eigenvalue weighted by atomic mass is 35.5. The van der Waals surface area contributed by atoms with Gasteiger partial charge in [0.25, 0.3) is 0 Å². The van der Waals surface area contributed by atoms with Crippen molar-refractivity contribution in [3.8, 4) is 5.75 Å². The molecule has 1 heterocycles. The van der Waals surface area contributed by atoms with Crippen molar-refractivity contribution in [2.75, 3.05) is 32.1 Å². The summed E-state index contributed by atoms with van der Waals surface area (Å²) in [5.74, 6) is 0.798. The van der Waals surface area contributed by atoms with Crippen LogP contribution in [0.2, 0.25) is 5.02 Å². The summed E-state index contributed by atoms with van der Waals surface area (Å²) in [6, 6.07) is 3.68. The van der Waals surface area contributed by atoms with Crippen LogP contribution in [0.1, 0.15) is 24.8 Å². The van der Waals surface area contributed by atoms with Crippen LogP contribution < -0.4 is 10.1 Å². The molecule has 0 saturated carbocycles. The number of carbonyl (C=O) groups excluding carboxylic acids is 1. The number of halogens is 1. The predicted molar refractivity (Wildman–Crippen MR) is 81.7 cm³/mol. The van der Waals surface area contributed by atoms with Crippen molar-refractivity contribution >= 4 is 23.2 Å². The number of piperidine rings is 1. The third-order valence-electron chi connectivity index (χ3n) is 3.62. The summed E-state index contributed by atoms with van der Waals surface area (Å²) in [7, 11) is 1.60. The first-order chi connectivity index (χ1) is 9.61. The van der Waals surface area contributed by atoms with Crippen molar-refractivity contribution in [1.82, 2.24) is 4.90 Å². The monoisotopic (exact) mass is 296 g/mol. The van der Waals surface area contributed by atoms with Gasteiger partial charge in [0.15, 0.2) is 0 Å². The van der Waals surface area contributed by atoms with E-state index in [4.69, 9.17) is 16.3 Å². The van der Waals surface area contributed by atoms with Crippen LogP contribution in [0.3, 0.4) is 0 Å². The minimum absolute atomic E-state index is 0.138. The number of ether oxygens (including phenoxy) is 1. The highest BCUT2D eigenvalue weighted by Crippen LogP contribution is 2.30. The molecule has 2 rings (SSSR count). The molecule has 0 aliphatic carbocycles. The minimum Gasteiger partial charge on any atom is -0.495 e. The molecule has 110 valence electrons. The Kier molecular flexibility index (Phi) is 5.12. The molecule has 0 spiro atoms. The number of hydrogen-bond donors (Lipinski definition) is 1. The van der Waals surface area contributed by atoms with E-state index in [0.29, 0.717) is 10.8 Å². The van der Waals surface area contributed by atoms with E-state index < -0.39 is 0 Å². The fraction of sp³-hybridized carbons (Fsp3) is 0.533. The molecule has 4 nitrogen and oxygen atoms in total. The Hall–Kier alpha value is -1.42. The topological polar surface area (TPSA) is 41.6 Å². The molecule has 1 amide bonds. The Bertz CT molecular complexity index is 485. The largest absolute Gasteiger partial charge is 0.495 e. The van der Waals surface area contributed by atoms with Crippen LogP contribution in [-0.4, -0.2) is 37.6 Å². The molecule has 1 aromatic rings. The van der Waals surface area contributed by atoms with Crippen LogP contribution in [0.15, 0.2) is 12.1 Å². The Morgan fingerprint density at radius 1 is 1.35 bits per heavy atom. The van der Waals surface area contributed by atoms with Gasteiger partial charge in [-0.2, -0.15) is 0 Å². The molecule has 0 atom stereocenters. The zero-order valence-corrected chi connectivity index (χ0v) is 12.8. The molecule has 0 bridgehead atoms. The number of nitrogens with zero attached hydrogens (tertiary/aromatic N) is 1. The van der Waals surface area contributed by atoms with Crippen LogP contribution in [0, 0.1) is 6.92 Å². The molecule has 20 heavy (non-hydrogen) atoms. The van der Waals surface area contributed by atoms with Gasteiger partial charge < -0.3 is 15.0 Å². The van der Waals surface area contributed by atoms with E-state index in [2.05, 4.69) is 5.32 Å². The van der Waals surface area contributed by atoms with E-state index in [9.17, 15) is 4.79 Å². The van der Waals surface area contributed by atoms with Crippen molar-refractivity contribution in [2.24, 2.45) is 0 Å². The third-order valence-corrected chi connectivity index (χ3v) is 4.03. The van der Waals surface area contributed by atoms with E-state index in [1.54, 1.807) is 13.2 Å². The summed E-state index contributed by atoms with van der Waals surface area (Å²) in [6.07, 6.45) is 3.44. The maximum Gasteiger partial charge on any atom is 0.241 e. The van der Waals surface area contributed by atoms with Gasteiger partial charge in [-0.05, 0) is 37.8 Å². The van der Waals surface area contributed by atoms with Crippen LogP contribution in [-0.2, 0) is 4.79 Å². The van der Waals surface area contributed by atoms with Crippen molar-refractivity contribution < 1.29 is 9.53 Å². The minimum atomic E-state index is 0.138. The Morgan fingerprint density at radius 3 is 2.70 bits per heavy atom.